The number of aliphatic hydroxyl groups is 1. The van der Waals surface area contributed by atoms with Crippen LogP contribution < -0.4 is 8.91 Å². The summed E-state index contributed by atoms with van der Waals surface area (Å²) in [6.45, 7) is -0.0478. The Hall–Kier alpha value is -2.07. The zero-order valence-electron chi connectivity index (χ0n) is 14.0. The van der Waals surface area contributed by atoms with Crippen molar-refractivity contribution in [3.8, 4) is 21.9 Å². The number of rotatable bonds is 6. The number of alkyl halides is 3. The summed E-state index contributed by atoms with van der Waals surface area (Å²) in [5.41, 5.74) is 1.55. The largest absolute Gasteiger partial charge is 0.507 e. The molecule has 0 spiro atoms. The van der Waals surface area contributed by atoms with Gasteiger partial charge in [0.1, 0.15) is 10.1 Å². The number of thiophene rings is 1. The second-order valence-corrected chi connectivity index (χ2v) is 7.76. The molecule has 10 heteroatoms. The van der Waals surface area contributed by atoms with Gasteiger partial charge in [-0.25, -0.2) is 0 Å². The Morgan fingerprint density at radius 1 is 1.11 bits per heavy atom. The standard InChI is InChI=1S/C18H13ClF3NO3S2/c19-17-13(11-3-1-10(9-24)2-4-11)8-16(27-17)26-28-23-12-5-6-14(15(25)7-12)18(20,21)22/h1-8,23-25H,9H2. The number of phenolic OH excluding ortho intramolecular Hbond substituents is 1. The fourth-order valence-corrected chi connectivity index (χ4v) is 3.98. The number of halogens is 4. The Morgan fingerprint density at radius 3 is 2.43 bits per heavy atom. The molecule has 148 valence electrons. The number of phenols is 1. The van der Waals surface area contributed by atoms with Crippen LogP contribution in [-0.2, 0) is 12.8 Å². The minimum absolute atomic E-state index is 0.0478. The molecule has 0 amide bonds. The van der Waals surface area contributed by atoms with E-state index in [0.29, 0.717) is 9.40 Å². The van der Waals surface area contributed by atoms with E-state index in [1.54, 1.807) is 18.2 Å². The van der Waals surface area contributed by atoms with Crippen molar-refractivity contribution >= 4 is 40.9 Å². The molecular formula is C18H13ClF3NO3S2. The lowest BCUT2D eigenvalue weighted by Gasteiger charge is -2.10. The van der Waals surface area contributed by atoms with Crippen LogP contribution in [0.5, 0.6) is 10.8 Å². The van der Waals surface area contributed by atoms with Crippen LogP contribution in [0.1, 0.15) is 11.1 Å². The molecule has 4 nitrogen and oxygen atoms in total. The van der Waals surface area contributed by atoms with Crippen LogP contribution in [0.3, 0.4) is 0 Å². The van der Waals surface area contributed by atoms with Crippen molar-refractivity contribution < 1.29 is 27.6 Å². The topological polar surface area (TPSA) is 61.7 Å². The second-order valence-electron chi connectivity index (χ2n) is 5.61. The van der Waals surface area contributed by atoms with Crippen molar-refractivity contribution in [2.24, 2.45) is 0 Å². The van der Waals surface area contributed by atoms with Crippen LogP contribution >= 0.6 is 35.2 Å². The zero-order valence-corrected chi connectivity index (χ0v) is 16.3. The van der Waals surface area contributed by atoms with Gasteiger partial charge in [0.25, 0.3) is 0 Å². The summed E-state index contributed by atoms with van der Waals surface area (Å²) in [4.78, 5) is 0. The van der Waals surface area contributed by atoms with Gasteiger partial charge < -0.3 is 14.4 Å². The highest BCUT2D eigenvalue weighted by atomic mass is 35.5. The number of anilines is 1. The molecule has 3 N–H and O–H groups in total. The van der Waals surface area contributed by atoms with Gasteiger partial charge in [-0.1, -0.05) is 47.2 Å². The van der Waals surface area contributed by atoms with E-state index in [4.69, 9.17) is 20.9 Å². The monoisotopic (exact) mass is 447 g/mol. The predicted octanol–water partition coefficient (Wildman–Crippen LogP) is 6.34. The summed E-state index contributed by atoms with van der Waals surface area (Å²) < 4.78 is 46.6. The molecule has 1 heterocycles. The molecule has 0 bridgehead atoms. The van der Waals surface area contributed by atoms with Gasteiger partial charge in [0.15, 0.2) is 17.3 Å². The first-order chi connectivity index (χ1) is 13.3. The summed E-state index contributed by atoms with van der Waals surface area (Å²) in [7, 11) is 0. The Kier molecular flexibility index (Phi) is 6.29. The van der Waals surface area contributed by atoms with Crippen molar-refractivity contribution in [3.63, 3.8) is 0 Å². The zero-order chi connectivity index (χ0) is 20.3. The van der Waals surface area contributed by atoms with Crippen LogP contribution in [0.15, 0.2) is 48.5 Å². The SMILES string of the molecule is OCc1ccc(-c2cc(OSNc3ccc(C(F)(F)F)c(O)c3)sc2Cl)cc1. The first-order valence-electron chi connectivity index (χ1n) is 7.77. The van der Waals surface area contributed by atoms with E-state index >= 15 is 0 Å². The number of benzene rings is 2. The smallest absolute Gasteiger partial charge is 0.419 e. The molecule has 0 saturated carbocycles. The highest BCUT2D eigenvalue weighted by molar-refractivity contribution is 7.96. The predicted molar refractivity (Wildman–Crippen MR) is 106 cm³/mol. The van der Waals surface area contributed by atoms with Gasteiger partial charge in [0, 0.05) is 17.7 Å². The quantitative estimate of drug-likeness (QED) is 0.304. The van der Waals surface area contributed by atoms with Crippen LogP contribution in [0, 0.1) is 0 Å². The Bertz CT molecular complexity index is 962. The maximum Gasteiger partial charge on any atom is 0.419 e. The van der Waals surface area contributed by atoms with Gasteiger partial charge in [-0.05, 0) is 23.3 Å². The third-order valence-corrected chi connectivity index (χ3v) is 5.62. The Balaban J connectivity index is 1.63. The molecule has 3 rings (SSSR count). The van der Waals surface area contributed by atoms with Crippen LogP contribution in [0.4, 0.5) is 18.9 Å². The first kappa shape index (κ1) is 20.7. The lowest BCUT2D eigenvalue weighted by molar-refractivity contribution is -0.138. The van der Waals surface area contributed by atoms with E-state index in [-0.39, 0.29) is 12.3 Å². The molecule has 0 saturated heterocycles. The molecule has 2 aromatic carbocycles. The highest BCUT2D eigenvalue weighted by Crippen LogP contribution is 2.41. The number of hydrogen-bond acceptors (Lipinski definition) is 6. The number of aromatic hydroxyl groups is 1. The van der Waals surface area contributed by atoms with Crippen molar-refractivity contribution in [1.29, 1.82) is 0 Å². The maximum absolute atomic E-state index is 12.6. The van der Waals surface area contributed by atoms with E-state index in [1.165, 1.54) is 17.4 Å². The number of nitrogens with one attached hydrogen (secondary N) is 1. The average molecular weight is 448 g/mol. The summed E-state index contributed by atoms with van der Waals surface area (Å²) in [5.74, 6) is -0.870. The normalized spacial score (nSPS) is 11.5. The molecular weight excluding hydrogens is 435 g/mol. The summed E-state index contributed by atoms with van der Waals surface area (Å²) in [6.07, 6.45) is -4.62. The Morgan fingerprint density at radius 2 is 1.82 bits per heavy atom. The van der Waals surface area contributed by atoms with Gasteiger partial charge in [-0.15, -0.1) is 0 Å². The molecule has 28 heavy (non-hydrogen) atoms. The molecule has 0 aliphatic heterocycles. The van der Waals surface area contributed by atoms with Gasteiger partial charge in [0.2, 0.25) is 0 Å². The van der Waals surface area contributed by atoms with Gasteiger partial charge >= 0.3 is 6.18 Å². The van der Waals surface area contributed by atoms with Crippen molar-refractivity contribution in [2.45, 2.75) is 12.8 Å². The molecule has 3 aromatic rings. The molecule has 1 aromatic heterocycles. The third-order valence-electron chi connectivity index (χ3n) is 3.70. The molecule has 0 fully saturated rings. The molecule has 0 aliphatic rings. The van der Waals surface area contributed by atoms with Crippen molar-refractivity contribution in [1.82, 2.24) is 0 Å². The van der Waals surface area contributed by atoms with E-state index in [1.807, 2.05) is 12.1 Å². The van der Waals surface area contributed by atoms with Crippen LogP contribution in [0.25, 0.3) is 11.1 Å². The van der Waals surface area contributed by atoms with Gasteiger partial charge in [0.05, 0.1) is 17.9 Å². The van der Waals surface area contributed by atoms with E-state index in [2.05, 4.69) is 4.72 Å². The third kappa shape index (κ3) is 4.85. The molecule has 0 aliphatic carbocycles. The fraction of sp³-hybridized carbons (Fsp3) is 0.111. The van der Waals surface area contributed by atoms with Crippen molar-refractivity contribution in [2.75, 3.05) is 4.72 Å². The summed E-state index contributed by atoms with van der Waals surface area (Å²) >= 11 is 8.23. The van der Waals surface area contributed by atoms with Gasteiger partial charge in [-0.3, -0.25) is 4.72 Å². The summed E-state index contributed by atoms with van der Waals surface area (Å²) in [5, 5.41) is 19.1. The number of hydrogen-bond donors (Lipinski definition) is 3. The first-order valence-corrected chi connectivity index (χ1v) is 9.71. The Labute approximate surface area is 171 Å². The van der Waals surface area contributed by atoms with Gasteiger partial charge in [-0.2, -0.15) is 13.2 Å². The maximum atomic E-state index is 12.6. The lowest BCUT2D eigenvalue weighted by atomic mass is 10.1. The van der Waals surface area contributed by atoms with Crippen LogP contribution in [0.2, 0.25) is 4.34 Å². The average Bonchev–Trinajstić information content (AvgIpc) is 3.01. The van der Waals surface area contributed by atoms with E-state index < -0.39 is 17.5 Å². The van der Waals surface area contributed by atoms with Crippen LogP contribution in [-0.4, -0.2) is 10.2 Å². The molecule has 0 radical (unpaired) electrons. The number of aliphatic hydroxyl groups excluding tert-OH is 1. The van der Waals surface area contributed by atoms with E-state index in [0.717, 1.165) is 41.1 Å². The van der Waals surface area contributed by atoms with Crippen molar-refractivity contribution in [3.05, 3.63) is 64.0 Å². The van der Waals surface area contributed by atoms with E-state index in [9.17, 15) is 18.3 Å². The summed E-state index contributed by atoms with van der Waals surface area (Å²) in [6, 6.07) is 11.9. The second kappa shape index (κ2) is 8.52. The molecule has 0 atom stereocenters. The minimum Gasteiger partial charge on any atom is -0.507 e. The fourth-order valence-electron chi connectivity index (χ4n) is 2.32. The molecule has 0 unspecified atom stereocenters. The lowest BCUT2D eigenvalue weighted by Crippen LogP contribution is -2.05. The minimum atomic E-state index is -4.62. The highest BCUT2D eigenvalue weighted by Gasteiger charge is 2.33.